The molecule has 0 saturated heterocycles. The first-order valence-corrected chi connectivity index (χ1v) is 10.4. The number of alkyl halides is 3. The van der Waals surface area contributed by atoms with Crippen molar-refractivity contribution in [3.8, 4) is 5.75 Å². The number of aromatic nitrogens is 4. The number of rotatable bonds is 7. The van der Waals surface area contributed by atoms with Gasteiger partial charge < -0.3 is 10.1 Å². The zero-order chi connectivity index (χ0) is 24.3. The predicted octanol–water partition coefficient (Wildman–Crippen LogP) is 5.05. The van der Waals surface area contributed by atoms with E-state index in [4.69, 9.17) is 4.74 Å². The predicted molar refractivity (Wildman–Crippen MR) is 119 cm³/mol. The Morgan fingerprint density at radius 3 is 2.71 bits per heavy atom. The molecular weight excluding hydrogens is 447 g/mol. The summed E-state index contributed by atoms with van der Waals surface area (Å²) in [6.45, 7) is 4.20. The van der Waals surface area contributed by atoms with Crippen LogP contribution in [0.5, 0.6) is 5.75 Å². The molecule has 0 saturated carbocycles. The molecule has 0 aliphatic heterocycles. The molecule has 0 radical (unpaired) electrons. The summed E-state index contributed by atoms with van der Waals surface area (Å²) in [4.78, 5) is 12.5. The number of hydrogen-bond donors (Lipinski definition) is 1. The minimum Gasteiger partial charge on any atom is -0.471 e. The molecule has 0 spiro atoms. The molecule has 1 amide bonds. The second kappa shape index (κ2) is 9.42. The summed E-state index contributed by atoms with van der Waals surface area (Å²) in [5.74, 6) is 0.304. The van der Waals surface area contributed by atoms with Crippen LogP contribution in [0, 0.1) is 13.8 Å². The van der Waals surface area contributed by atoms with Crippen LogP contribution in [0.4, 0.5) is 18.9 Å². The third-order valence-corrected chi connectivity index (χ3v) is 5.06. The van der Waals surface area contributed by atoms with Gasteiger partial charge in [-0.2, -0.15) is 23.4 Å². The third-order valence-electron chi connectivity index (χ3n) is 5.06. The van der Waals surface area contributed by atoms with E-state index in [0.29, 0.717) is 11.3 Å². The first kappa shape index (κ1) is 23.1. The minimum atomic E-state index is -4.41. The van der Waals surface area contributed by atoms with Crippen molar-refractivity contribution >= 4 is 11.6 Å². The van der Waals surface area contributed by atoms with Crippen molar-refractivity contribution in [2.45, 2.75) is 33.3 Å². The van der Waals surface area contributed by atoms with Crippen LogP contribution in [0.15, 0.2) is 67.1 Å². The molecule has 4 aromatic rings. The Kier molecular flexibility index (Phi) is 6.40. The quantitative estimate of drug-likeness (QED) is 0.411. The van der Waals surface area contributed by atoms with Crippen LogP contribution in [0.3, 0.4) is 0 Å². The molecular formula is C24H22F3N5O2. The van der Waals surface area contributed by atoms with E-state index in [1.807, 2.05) is 32.0 Å². The highest BCUT2D eigenvalue weighted by atomic mass is 19.4. The first-order valence-electron chi connectivity index (χ1n) is 10.4. The van der Waals surface area contributed by atoms with Crippen LogP contribution in [-0.4, -0.2) is 25.5 Å². The third kappa shape index (κ3) is 5.64. The van der Waals surface area contributed by atoms with Gasteiger partial charge in [-0.15, -0.1) is 0 Å². The zero-order valence-corrected chi connectivity index (χ0v) is 18.5. The van der Waals surface area contributed by atoms with Gasteiger partial charge in [0.15, 0.2) is 12.4 Å². The molecule has 0 aliphatic carbocycles. The fourth-order valence-electron chi connectivity index (χ4n) is 3.30. The van der Waals surface area contributed by atoms with Crippen molar-refractivity contribution in [1.82, 2.24) is 19.6 Å². The van der Waals surface area contributed by atoms with Crippen LogP contribution in [-0.2, 0) is 19.5 Å². The van der Waals surface area contributed by atoms with Gasteiger partial charge in [-0.3, -0.25) is 9.48 Å². The van der Waals surface area contributed by atoms with Crippen molar-refractivity contribution in [1.29, 1.82) is 0 Å². The number of hydrogen-bond acceptors (Lipinski definition) is 4. The molecule has 0 aliphatic rings. The highest BCUT2D eigenvalue weighted by molar-refractivity contribution is 6.02. The number of nitrogens with zero attached hydrogens (tertiary/aromatic N) is 4. The van der Waals surface area contributed by atoms with E-state index in [-0.39, 0.29) is 19.0 Å². The number of nitrogens with one attached hydrogen (secondary N) is 1. The second-order valence-electron chi connectivity index (χ2n) is 7.86. The Labute approximate surface area is 193 Å². The van der Waals surface area contributed by atoms with Gasteiger partial charge in [-0.05, 0) is 54.8 Å². The van der Waals surface area contributed by atoms with Gasteiger partial charge in [-0.1, -0.05) is 24.3 Å². The first-order chi connectivity index (χ1) is 16.2. The van der Waals surface area contributed by atoms with E-state index in [9.17, 15) is 18.0 Å². The summed E-state index contributed by atoms with van der Waals surface area (Å²) in [6, 6.07) is 12.5. The summed E-state index contributed by atoms with van der Waals surface area (Å²) in [5.41, 5.74) is 2.39. The summed E-state index contributed by atoms with van der Waals surface area (Å²) in [6.07, 6.45) is 0.189. The topological polar surface area (TPSA) is 74.0 Å². The van der Waals surface area contributed by atoms with Gasteiger partial charge >= 0.3 is 6.18 Å². The Morgan fingerprint density at radius 2 is 1.91 bits per heavy atom. The Morgan fingerprint density at radius 1 is 1.09 bits per heavy atom. The largest absolute Gasteiger partial charge is 0.471 e. The molecule has 2 aromatic carbocycles. The van der Waals surface area contributed by atoms with Gasteiger partial charge in [0.1, 0.15) is 5.75 Å². The Balaban J connectivity index is 1.35. The zero-order valence-electron chi connectivity index (χ0n) is 18.5. The number of carbonyl (C=O) groups excluding carboxylic acids is 1. The van der Waals surface area contributed by atoms with Crippen LogP contribution >= 0.6 is 0 Å². The highest BCUT2D eigenvalue weighted by Gasteiger charge is 2.30. The molecule has 34 heavy (non-hydrogen) atoms. The number of anilines is 1. The number of amides is 1. The maximum atomic E-state index is 12.9. The van der Waals surface area contributed by atoms with Crippen LogP contribution in [0.1, 0.15) is 32.7 Å². The lowest BCUT2D eigenvalue weighted by Gasteiger charge is -2.09. The van der Waals surface area contributed by atoms with Gasteiger partial charge in [0.05, 0.1) is 24.0 Å². The average molecular weight is 469 g/mol. The van der Waals surface area contributed by atoms with E-state index in [1.54, 1.807) is 24.5 Å². The molecule has 1 N–H and O–H groups in total. The van der Waals surface area contributed by atoms with E-state index in [1.165, 1.54) is 21.6 Å². The Bertz CT molecular complexity index is 1310. The van der Waals surface area contributed by atoms with Crippen molar-refractivity contribution in [3.05, 3.63) is 95.1 Å². The fraction of sp³-hybridized carbons (Fsp3) is 0.208. The van der Waals surface area contributed by atoms with Crippen molar-refractivity contribution in [2.75, 3.05) is 5.32 Å². The molecule has 7 nitrogen and oxygen atoms in total. The van der Waals surface area contributed by atoms with Crippen LogP contribution in [0.2, 0.25) is 0 Å². The molecule has 10 heteroatoms. The lowest BCUT2D eigenvalue weighted by molar-refractivity contribution is -0.137. The summed E-state index contributed by atoms with van der Waals surface area (Å²) in [7, 11) is 0. The standard InChI is InChI=1S/C24H22F3N5O2/c1-16-6-7-17(2)22(10-16)34-15-31-9-8-21(30-31)23(33)29-20-12-28-32(14-20)13-18-4-3-5-19(11-18)24(25,26)27/h3-12,14H,13,15H2,1-2H3,(H,29,33). The monoisotopic (exact) mass is 469 g/mol. The highest BCUT2D eigenvalue weighted by Crippen LogP contribution is 2.29. The second-order valence-corrected chi connectivity index (χ2v) is 7.86. The van der Waals surface area contributed by atoms with Gasteiger partial charge in [0.25, 0.3) is 5.91 Å². The van der Waals surface area contributed by atoms with E-state index in [0.717, 1.165) is 29.0 Å². The number of carbonyl (C=O) groups is 1. The molecule has 2 aromatic heterocycles. The van der Waals surface area contributed by atoms with Gasteiger partial charge in [-0.25, -0.2) is 4.68 Å². The number of halogens is 3. The van der Waals surface area contributed by atoms with E-state index >= 15 is 0 Å². The molecule has 0 bridgehead atoms. The maximum Gasteiger partial charge on any atom is 0.416 e. The van der Waals surface area contributed by atoms with E-state index < -0.39 is 17.6 Å². The molecule has 0 fully saturated rings. The van der Waals surface area contributed by atoms with Crippen LogP contribution < -0.4 is 10.1 Å². The van der Waals surface area contributed by atoms with Gasteiger partial charge in [0, 0.05) is 12.4 Å². The Hall–Kier alpha value is -4.08. The normalized spacial score (nSPS) is 11.4. The number of ether oxygens (including phenoxy) is 1. The summed E-state index contributed by atoms with van der Waals surface area (Å²) >= 11 is 0. The summed E-state index contributed by atoms with van der Waals surface area (Å²) < 4.78 is 47.4. The van der Waals surface area contributed by atoms with Gasteiger partial charge in [0.2, 0.25) is 0 Å². The fourth-order valence-corrected chi connectivity index (χ4v) is 3.30. The van der Waals surface area contributed by atoms with Crippen molar-refractivity contribution in [3.63, 3.8) is 0 Å². The van der Waals surface area contributed by atoms with E-state index in [2.05, 4.69) is 15.5 Å². The SMILES string of the molecule is Cc1ccc(C)c(OCn2ccc(C(=O)Nc3cnn(Cc4cccc(C(F)(F)F)c4)c3)n2)c1. The molecule has 176 valence electrons. The summed E-state index contributed by atoms with van der Waals surface area (Å²) in [5, 5.41) is 11.0. The maximum absolute atomic E-state index is 12.9. The number of aryl methyl sites for hydroxylation is 2. The van der Waals surface area contributed by atoms with Crippen molar-refractivity contribution < 1.29 is 22.7 Å². The smallest absolute Gasteiger partial charge is 0.416 e. The van der Waals surface area contributed by atoms with Crippen LogP contribution in [0.25, 0.3) is 0 Å². The molecule has 4 rings (SSSR count). The molecule has 0 atom stereocenters. The molecule has 0 unspecified atom stereocenters. The minimum absolute atomic E-state index is 0.129. The number of benzene rings is 2. The average Bonchev–Trinajstić information content (AvgIpc) is 3.44. The lowest BCUT2D eigenvalue weighted by Crippen LogP contribution is -2.14. The van der Waals surface area contributed by atoms with Crippen molar-refractivity contribution in [2.24, 2.45) is 0 Å². The molecule has 2 heterocycles. The lowest BCUT2D eigenvalue weighted by atomic mass is 10.1.